The Balaban J connectivity index is 1.31. The minimum absolute atomic E-state index is 0.0354. The van der Waals surface area contributed by atoms with Crippen LogP contribution in [0.15, 0.2) is 48.8 Å². The number of para-hydroxylation sites is 2. The third-order valence-electron chi connectivity index (χ3n) is 6.92. The lowest BCUT2D eigenvalue weighted by Gasteiger charge is -2.36. The third-order valence-corrected chi connectivity index (χ3v) is 6.92. The number of aromatic nitrogens is 2. The first-order valence-electron chi connectivity index (χ1n) is 10.8. The molecule has 1 aliphatic heterocycles. The number of aliphatic hydroxyl groups excluding tert-OH is 1. The standard InChI is InChI=1S/C24H27N3O4/c1-31-23-7-6-15(8-18(23)24(29)30)11-26-12-16-9-21(22(28)10-17(16)13-26)27-14-25-19-4-2-3-5-20(19)27/h2-8,14,16-17,21-22,28H,9-13H2,1H3,(H,29,30)/t16-,17+,21-,22-/m1/s1. The van der Waals surface area contributed by atoms with Gasteiger partial charge in [-0.15, -0.1) is 0 Å². The number of nitrogens with zero attached hydrogens (tertiary/aromatic N) is 3. The minimum Gasteiger partial charge on any atom is -0.496 e. The highest BCUT2D eigenvalue weighted by Crippen LogP contribution is 2.42. The van der Waals surface area contributed by atoms with Gasteiger partial charge in [0.05, 0.1) is 36.6 Å². The number of carboxylic acids is 1. The maximum absolute atomic E-state index is 11.5. The quantitative estimate of drug-likeness (QED) is 0.658. The van der Waals surface area contributed by atoms with Gasteiger partial charge in [-0.2, -0.15) is 0 Å². The molecule has 2 aliphatic rings. The van der Waals surface area contributed by atoms with Crippen LogP contribution >= 0.6 is 0 Å². The second kappa shape index (κ2) is 7.98. The highest BCUT2D eigenvalue weighted by atomic mass is 16.5. The summed E-state index contributed by atoms with van der Waals surface area (Å²) < 4.78 is 7.31. The summed E-state index contributed by atoms with van der Waals surface area (Å²) in [7, 11) is 1.48. The number of ether oxygens (including phenoxy) is 1. The van der Waals surface area contributed by atoms with Gasteiger partial charge in [-0.25, -0.2) is 9.78 Å². The summed E-state index contributed by atoms with van der Waals surface area (Å²) in [4.78, 5) is 18.4. The van der Waals surface area contributed by atoms with E-state index >= 15 is 0 Å². The maximum Gasteiger partial charge on any atom is 0.339 e. The fourth-order valence-electron chi connectivity index (χ4n) is 5.45. The second-order valence-electron chi connectivity index (χ2n) is 8.80. The average molecular weight is 421 g/mol. The lowest BCUT2D eigenvalue weighted by molar-refractivity contribution is 0.0374. The Morgan fingerprint density at radius 1 is 1.16 bits per heavy atom. The SMILES string of the molecule is COc1ccc(CN2C[C@H]3C[C@@H](n4cnc5ccccc54)[C@H](O)C[C@H]3C2)cc1C(=O)O. The smallest absolute Gasteiger partial charge is 0.339 e. The van der Waals surface area contributed by atoms with Crippen molar-refractivity contribution in [3.05, 3.63) is 59.9 Å². The molecule has 7 nitrogen and oxygen atoms in total. The van der Waals surface area contributed by atoms with Crippen LogP contribution in [0, 0.1) is 11.8 Å². The summed E-state index contributed by atoms with van der Waals surface area (Å²) in [6, 6.07) is 13.5. The first-order chi connectivity index (χ1) is 15.0. The number of fused-ring (bicyclic) bond motifs is 2. The van der Waals surface area contributed by atoms with Gasteiger partial charge in [-0.3, -0.25) is 4.90 Å². The summed E-state index contributed by atoms with van der Waals surface area (Å²) in [6.07, 6.45) is 3.17. The Kier molecular flexibility index (Phi) is 5.16. The Hall–Kier alpha value is -2.90. The minimum atomic E-state index is -0.979. The average Bonchev–Trinajstić information content (AvgIpc) is 3.36. The van der Waals surface area contributed by atoms with E-state index in [4.69, 9.17) is 4.74 Å². The Morgan fingerprint density at radius 2 is 1.94 bits per heavy atom. The van der Waals surface area contributed by atoms with Gasteiger partial charge in [-0.1, -0.05) is 18.2 Å². The number of aliphatic hydroxyl groups is 1. The molecule has 1 aliphatic carbocycles. The zero-order chi connectivity index (χ0) is 21.5. The molecule has 3 aromatic rings. The summed E-state index contributed by atoms with van der Waals surface area (Å²) in [5.41, 5.74) is 3.19. The molecule has 0 spiro atoms. The molecule has 2 heterocycles. The highest BCUT2D eigenvalue weighted by Gasteiger charge is 2.42. The van der Waals surface area contributed by atoms with Crippen molar-refractivity contribution >= 4 is 17.0 Å². The molecule has 0 amide bonds. The van der Waals surface area contributed by atoms with Crippen LogP contribution in [0.25, 0.3) is 11.0 Å². The van der Waals surface area contributed by atoms with E-state index in [9.17, 15) is 15.0 Å². The van der Waals surface area contributed by atoms with Gasteiger partial charge in [0.15, 0.2) is 0 Å². The summed E-state index contributed by atoms with van der Waals surface area (Å²) in [6.45, 7) is 2.58. The molecule has 0 bridgehead atoms. The molecular formula is C24H27N3O4. The van der Waals surface area contributed by atoms with Crippen molar-refractivity contribution in [2.45, 2.75) is 31.5 Å². The monoisotopic (exact) mass is 421 g/mol. The number of rotatable bonds is 5. The first-order valence-corrected chi connectivity index (χ1v) is 10.8. The van der Waals surface area contributed by atoms with Crippen LogP contribution < -0.4 is 4.74 Å². The molecule has 162 valence electrons. The van der Waals surface area contributed by atoms with Crippen molar-refractivity contribution < 1.29 is 19.7 Å². The van der Waals surface area contributed by atoms with E-state index in [-0.39, 0.29) is 11.6 Å². The molecule has 2 aromatic carbocycles. The van der Waals surface area contributed by atoms with Gasteiger partial charge < -0.3 is 19.5 Å². The maximum atomic E-state index is 11.5. The van der Waals surface area contributed by atoms with E-state index in [0.29, 0.717) is 24.1 Å². The van der Waals surface area contributed by atoms with Crippen LogP contribution in [0.5, 0.6) is 5.75 Å². The first kappa shape index (κ1) is 20.0. The van der Waals surface area contributed by atoms with Gasteiger partial charge in [0.2, 0.25) is 0 Å². The van der Waals surface area contributed by atoms with Crippen molar-refractivity contribution in [1.82, 2.24) is 14.5 Å². The Morgan fingerprint density at radius 3 is 2.71 bits per heavy atom. The number of likely N-dealkylation sites (tertiary alicyclic amines) is 1. The van der Waals surface area contributed by atoms with E-state index in [1.165, 1.54) is 7.11 Å². The van der Waals surface area contributed by atoms with Crippen LogP contribution in [0.3, 0.4) is 0 Å². The fraction of sp³-hybridized carbons (Fsp3) is 0.417. The van der Waals surface area contributed by atoms with Crippen LogP contribution in [-0.4, -0.2) is 56.9 Å². The van der Waals surface area contributed by atoms with Crippen molar-refractivity contribution in [2.75, 3.05) is 20.2 Å². The Labute approximate surface area is 180 Å². The molecule has 7 heteroatoms. The van der Waals surface area contributed by atoms with Crippen LogP contribution in [0.2, 0.25) is 0 Å². The molecular weight excluding hydrogens is 394 g/mol. The van der Waals surface area contributed by atoms with Gasteiger partial charge in [0, 0.05) is 19.6 Å². The molecule has 2 N–H and O–H groups in total. The number of imidazole rings is 1. The molecule has 1 saturated heterocycles. The lowest BCUT2D eigenvalue weighted by Crippen LogP contribution is -2.36. The van der Waals surface area contributed by atoms with Gasteiger partial charge in [0.1, 0.15) is 11.3 Å². The van der Waals surface area contributed by atoms with E-state index in [1.54, 1.807) is 12.1 Å². The van der Waals surface area contributed by atoms with Crippen molar-refractivity contribution in [1.29, 1.82) is 0 Å². The normalized spacial score (nSPS) is 26.1. The van der Waals surface area contributed by atoms with Crippen molar-refractivity contribution in [3.63, 3.8) is 0 Å². The highest BCUT2D eigenvalue weighted by molar-refractivity contribution is 5.91. The molecule has 0 radical (unpaired) electrons. The van der Waals surface area contributed by atoms with Crippen LogP contribution in [0.4, 0.5) is 0 Å². The molecule has 2 fully saturated rings. The summed E-state index contributed by atoms with van der Waals surface area (Å²) >= 11 is 0. The van der Waals surface area contributed by atoms with Crippen molar-refractivity contribution in [3.8, 4) is 5.75 Å². The zero-order valence-corrected chi connectivity index (χ0v) is 17.5. The number of carboxylic acid groups (broad SMARTS) is 1. The Bertz CT molecular complexity index is 1110. The molecule has 1 aromatic heterocycles. The number of aromatic carboxylic acids is 1. The predicted molar refractivity (Wildman–Crippen MR) is 116 cm³/mol. The van der Waals surface area contributed by atoms with Gasteiger partial charge >= 0.3 is 5.97 Å². The van der Waals surface area contributed by atoms with Crippen LogP contribution in [0.1, 0.15) is 34.8 Å². The predicted octanol–water partition coefficient (Wildman–Crippen LogP) is 3.19. The zero-order valence-electron chi connectivity index (χ0n) is 17.5. The molecule has 4 atom stereocenters. The topological polar surface area (TPSA) is 87.8 Å². The third kappa shape index (κ3) is 3.68. The van der Waals surface area contributed by atoms with Gasteiger partial charge in [0.25, 0.3) is 0 Å². The lowest BCUT2D eigenvalue weighted by atomic mass is 9.77. The molecule has 31 heavy (non-hydrogen) atoms. The number of methoxy groups -OCH3 is 1. The number of carbonyl (C=O) groups is 1. The van der Waals surface area contributed by atoms with E-state index in [2.05, 4.69) is 20.5 Å². The molecule has 0 unspecified atom stereocenters. The number of hydrogen-bond acceptors (Lipinski definition) is 5. The largest absolute Gasteiger partial charge is 0.496 e. The molecule has 1 saturated carbocycles. The molecule has 5 rings (SSSR count). The number of benzene rings is 2. The second-order valence-corrected chi connectivity index (χ2v) is 8.80. The summed E-state index contributed by atoms with van der Waals surface area (Å²) in [5, 5.41) is 20.4. The van der Waals surface area contributed by atoms with E-state index in [0.717, 1.165) is 42.5 Å². The summed E-state index contributed by atoms with van der Waals surface area (Å²) in [5.74, 6) is 0.363. The fourth-order valence-corrected chi connectivity index (χ4v) is 5.45. The van der Waals surface area contributed by atoms with E-state index < -0.39 is 12.1 Å². The van der Waals surface area contributed by atoms with Crippen molar-refractivity contribution in [2.24, 2.45) is 11.8 Å². The number of hydrogen-bond donors (Lipinski definition) is 2. The van der Waals surface area contributed by atoms with Crippen LogP contribution in [-0.2, 0) is 6.54 Å². The van der Waals surface area contributed by atoms with E-state index in [1.807, 2.05) is 30.6 Å². The van der Waals surface area contributed by atoms with Gasteiger partial charge in [-0.05, 0) is 54.5 Å².